The van der Waals surface area contributed by atoms with E-state index in [1.165, 1.54) is 42.7 Å². The van der Waals surface area contributed by atoms with Crippen LogP contribution in [-0.4, -0.2) is 25.7 Å². The lowest BCUT2D eigenvalue weighted by Crippen LogP contribution is -2.39. The van der Waals surface area contributed by atoms with Crippen LogP contribution in [0.2, 0.25) is 0 Å². The second kappa shape index (κ2) is 4.27. The molecule has 2 fully saturated rings. The lowest BCUT2D eigenvalue weighted by atomic mass is 10.0. The van der Waals surface area contributed by atoms with E-state index in [-0.39, 0.29) is 0 Å². The summed E-state index contributed by atoms with van der Waals surface area (Å²) in [6.07, 6.45) is 2.79. The van der Waals surface area contributed by atoms with Crippen molar-refractivity contribution in [3.8, 4) is 0 Å². The van der Waals surface area contributed by atoms with Crippen molar-refractivity contribution in [3.63, 3.8) is 0 Å². The Balaban J connectivity index is 1.97. The van der Waals surface area contributed by atoms with Crippen molar-refractivity contribution in [1.29, 1.82) is 0 Å². The number of nitrogens with zero attached hydrogens (tertiary/aromatic N) is 1. The van der Waals surface area contributed by atoms with Crippen LogP contribution in [0, 0.1) is 19.3 Å². The zero-order chi connectivity index (χ0) is 12.8. The molecule has 1 aromatic carbocycles. The molecule has 1 N–H and O–H groups in total. The summed E-state index contributed by atoms with van der Waals surface area (Å²) in [5.41, 5.74) is 4.87. The van der Waals surface area contributed by atoms with Crippen LogP contribution >= 0.6 is 0 Å². The predicted molar refractivity (Wildman–Crippen MR) is 77.3 cm³/mol. The normalized spacial score (nSPS) is 26.2. The van der Waals surface area contributed by atoms with Crippen LogP contribution in [0.15, 0.2) is 18.2 Å². The molecule has 1 heterocycles. The van der Waals surface area contributed by atoms with Gasteiger partial charge in [-0.1, -0.05) is 18.2 Å². The standard InChI is InChI=1S/C16H24N2/c1-12-5-4-6-13(2)15(12)18-11-16(7-8-16)10-17-9-14(18)3/h4-6,14,17H,7-11H2,1-3H3. The maximum absolute atomic E-state index is 3.65. The van der Waals surface area contributed by atoms with Gasteiger partial charge in [0.1, 0.15) is 0 Å². The molecule has 1 aliphatic heterocycles. The van der Waals surface area contributed by atoms with Gasteiger partial charge in [-0.2, -0.15) is 0 Å². The third kappa shape index (κ3) is 2.03. The van der Waals surface area contributed by atoms with Gasteiger partial charge in [-0.05, 0) is 44.7 Å². The van der Waals surface area contributed by atoms with Crippen LogP contribution in [0.4, 0.5) is 5.69 Å². The SMILES string of the molecule is Cc1cccc(C)c1N1CC2(CC2)CNCC1C. The van der Waals surface area contributed by atoms with E-state index in [9.17, 15) is 0 Å². The first-order valence-corrected chi connectivity index (χ1v) is 7.15. The maximum Gasteiger partial charge on any atom is 0.0428 e. The molecule has 1 aliphatic carbocycles. The second-order valence-electron chi connectivity index (χ2n) is 6.35. The van der Waals surface area contributed by atoms with Crippen LogP contribution in [0.3, 0.4) is 0 Å². The average Bonchev–Trinajstić information content (AvgIpc) is 3.09. The Labute approximate surface area is 110 Å². The summed E-state index contributed by atoms with van der Waals surface area (Å²) in [5, 5.41) is 3.65. The number of aryl methyl sites for hydroxylation is 2. The molecule has 98 valence electrons. The number of hydrogen-bond donors (Lipinski definition) is 1. The van der Waals surface area contributed by atoms with E-state index in [1.54, 1.807) is 0 Å². The topological polar surface area (TPSA) is 15.3 Å². The van der Waals surface area contributed by atoms with E-state index in [1.807, 2.05) is 0 Å². The van der Waals surface area contributed by atoms with Gasteiger partial charge in [-0.15, -0.1) is 0 Å². The minimum atomic E-state index is 0.569. The van der Waals surface area contributed by atoms with E-state index in [0.717, 1.165) is 6.54 Å². The fraction of sp³-hybridized carbons (Fsp3) is 0.625. The van der Waals surface area contributed by atoms with E-state index < -0.39 is 0 Å². The molecule has 1 saturated heterocycles. The first-order valence-electron chi connectivity index (χ1n) is 7.15. The molecular formula is C16H24N2. The minimum Gasteiger partial charge on any atom is -0.367 e. The Morgan fingerprint density at radius 3 is 2.50 bits per heavy atom. The number of benzene rings is 1. The summed E-state index contributed by atoms with van der Waals surface area (Å²) in [6.45, 7) is 10.4. The van der Waals surface area contributed by atoms with Crippen molar-refractivity contribution >= 4 is 5.69 Å². The Bertz CT molecular complexity index is 428. The predicted octanol–water partition coefficient (Wildman–Crippen LogP) is 2.88. The fourth-order valence-electron chi connectivity index (χ4n) is 3.30. The number of hydrogen-bond acceptors (Lipinski definition) is 2. The van der Waals surface area contributed by atoms with Gasteiger partial charge >= 0.3 is 0 Å². The highest BCUT2D eigenvalue weighted by Gasteiger charge is 2.46. The number of anilines is 1. The summed E-state index contributed by atoms with van der Waals surface area (Å²) in [4.78, 5) is 2.65. The second-order valence-corrected chi connectivity index (χ2v) is 6.35. The van der Waals surface area contributed by atoms with E-state index >= 15 is 0 Å². The van der Waals surface area contributed by atoms with Crippen molar-refractivity contribution in [1.82, 2.24) is 5.32 Å². The maximum atomic E-state index is 3.65. The van der Waals surface area contributed by atoms with E-state index in [0.29, 0.717) is 11.5 Å². The summed E-state index contributed by atoms with van der Waals surface area (Å²) >= 11 is 0. The minimum absolute atomic E-state index is 0.569. The Kier molecular flexibility index (Phi) is 2.86. The molecule has 1 spiro atoms. The molecule has 1 atom stereocenters. The summed E-state index contributed by atoms with van der Waals surface area (Å²) < 4.78 is 0. The highest BCUT2D eigenvalue weighted by molar-refractivity contribution is 5.60. The number of rotatable bonds is 1. The summed E-state index contributed by atoms with van der Waals surface area (Å²) in [6, 6.07) is 7.24. The first kappa shape index (κ1) is 12.0. The molecule has 0 amide bonds. The van der Waals surface area contributed by atoms with E-state index in [2.05, 4.69) is 49.2 Å². The third-order valence-electron chi connectivity index (χ3n) is 4.66. The van der Waals surface area contributed by atoms with Crippen molar-refractivity contribution in [3.05, 3.63) is 29.3 Å². The van der Waals surface area contributed by atoms with Crippen LogP contribution in [0.25, 0.3) is 0 Å². The van der Waals surface area contributed by atoms with Crippen LogP contribution in [0.1, 0.15) is 30.9 Å². The Morgan fingerprint density at radius 1 is 1.22 bits per heavy atom. The van der Waals surface area contributed by atoms with E-state index in [4.69, 9.17) is 0 Å². The molecule has 1 saturated carbocycles. The molecule has 1 aromatic rings. The van der Waals surface area contributed by atoms with Crippen molar-refractivity contribution in [2.24, 2.45) is 5.41 Å². The zero-order valence-corrected chi connectivity index (χ0v) is 11.8. The molecule has 1 unspecified atom stereocenters. The number of para-hydroxylation sites is 1. The van der Waals surface area contributed by atoms with Gasteiger partial charge in [0.2, 0.25) is 0 Å². The van der Waals surface area contributed by atoms with Gasteiger partial charge in [0.05, 0.1) is 0 Å². The van der Waals surface area contributed by atoms with Crippen molar-refractivity contribution in [2.45, 2.75) is 39.7 Å². The molecule has 2 aliphatic rings. The molecule has 0 radical (unpaired) electrons. The highest BCUT2D eigenvalue weighted by atomic mass is 15.2. The van der Waals surface area contributed by atoms with Gasteiger partial charge in [-0.3, -0.25) is 0 Å². The fourth-order valence-corrected chi connectivity index (χ4v) is 3.30. The lowest BCUT2D eigenvalue weighted by Gasteiger charge is -2.34. The lowest BCUT2D eigenvalue weighted by molar-refractivity contribution is 0.500. The zero-order valence-electron chi connectivity index (χ0n) is 11.8. The average molecular weight is 244 g/mol. The highest BCUT2D eigenvalue weighted by Crippen LogP contribution is 2.47. The van der Waals surface area contributed by atoms with Crippen LogP contribution < -0.4 is 10.2 Å². The molecule has 0 bridgehead atoms. The van der Waals surface area contributed by atoms with Crippen molar-refractivity contribution < 1.29 is 0 Å². The molecule has 18 heavy (non-hydrogen) atoms. The molecule has 2 heteroatoms. The quantitative estimate of drug-likeness (QED) is 0.817. The monoisotopic (exact) mass is 244 g/mol. The molecule has 0 aromatic heterocycles. The summed E-state index contributed by atoms with van der Waals surface area (Å²) in [7, 11) is 0. The molecular weight excluding hydrogens is 220 g/mol. The molecule has 3 rings (SSSR count). The largest absolute Gasteiger partial charge is 0.367 e. The van der Waals surface area contributed by atoms with Crippen LogP contribution in [0.5, 0.6) is 0 Å². The Hall–Kier alpha value is -1.02. The van der Waals surface area contributed by atoms with Gasteiger partial charge in [0, 0.05) is 36.8 Å². The Morgan fingerprint density at radius 2 is 1.89 bits per heavy atom. The van der Waals surface area contributed by atoms with Gasteiger partial charge < -0.3 is 10.2 Å². The van der Waals surface area contributed by atoms with Gasteiger partial charge in [0.25, 0.3) is 0 Å². The summed E-state index contributed by atoms with van der Waals surface area (Å²) in [5.74, 6) is 0. The van der Waals surface area contributed by atoms with Crippen molar-refractivity contribution in [2.75, 3.05) is 24.5 Å². The third-order valence-corrected chi connectivity index (χ3v) is 4.66. The first-order chi connectivity index (χ1) is 8.61. The smallest absolute Gasteiger partial charge is 0.0428 e. The van der Waals surface area contributed by atoms with Gasteiger partial charge in [0.15, 0.2) is 0 Å². The molecule has 2 nitrogen and oxygen atoms in total. The number of nitrogens with one attached hydrogen (secondary N) is 1. The van der Waals surface area contributed by atoms with Crippen LogP contribution in [-0.2, 0) is 0 Å². The van der Waals surface area contributed by atoms with Gasteiger partial charge in [-0.25, -0.2) is 0 Å².